The van der Waals surface area contributed by atoms with Gasteiger partial charge in [0, 0.05) is 12.2 Å². The Balaban J connectivity index is 1.91. The number of fused-ring (bicyclic) bond motifs is 1. The van der Waals surface area contributed by atoms with Crippen LogP contribution >= 0.6 is 0 Å². The van der Waals surface area contributed by atoms with E-state index < -0.39 is 0 Å². The maximum atomic E-state index is 11.8. The highest BCUT2D eigenvalue weighted by atomic mass is 16.2. The molecule has 2 rings (SSSR count). The number of benzene rings is 1. The summed E-state index contributed by atoms with van der Waals surface area (Å²) in [5.74, 6) is 1.32. The first-order valence-corrected chi connectivity index (χ1v) is 7.13. The van der Waals surface area contributed by atoms with Crippen LogP contribution in [0.1, 0.15) is 19.7 Å². The molecule has 0 aliphatic carbocycles. The van der Waals surface area contributed by atoms with Gasteiger partial charge in [-0.2, -0.15) is 0 Å². The summed E-state index contributed by atoms with van der Waals surface area (Å²) in [7, 11) is 1.90. The number of nitrogen functional groups attached to an aromatic ring is 1. The largest absolute Gasteiger partial charge is 0.399 e. The Bertz CT molecular complexity index is 620. The number of aromatic amines is 1. The third-order valence-electron chi connectivity index (χ3n) is 3.10. The minimum Gasteiger partial charge on any atom is -0.399 e. The van der Waals surface area contributed by atoms with Crippen LogP contribution in [0.5, 0.6) is 0 Å². The van der Waals surface area contributed by atoms with Gasteiger partial charge < -0.3 is 16.0 Å². The Hall–Kier alpha value is -2.08. The number of imidazole rings is 1. The fourth-order valence-corrected chi connectivity index (χ4v) is 2.09. The van der Waals surface area contributed by atoms with Crippen molar-refractivity contribution in [3.8, 4) is 0 Å². The highest BCUT2D eigenvalue weighted by molar-refractivity contribution is 5.79. The van der Waals surface area contributed by atoms with Crippen molar-refractivity contribution in [3.05, 3.63) is 24.0 Å². The summed E-state index contributed by atoms with van der Waals surface area (Å²) in [5.41, 5.74) is 8.26. The lowest BCUT2D eigenvalue weighted by Crippen LogP contribution is -2.36. The molecular formula is C15H23N5O. The molecular weight excluding hydrogens is 266 g/mol. The van der Waals surface area contributed by atoms with Gasteiger partial charge in [-0.15, -0.1) is 0 Å². The molecule has 4 N–H and O–H groups in total. The van der Waals surface area contributed by atoms with E-state index in [0.29, 0.717) is 31.2 Å². The Morgan fingerprint density at radius 2 is 2.24 bits per heavy atom. The monoisotopic (exact) mass is 289 g/mol. The smallest absolute Gasteiger partial charge is 0.234 e. The molecule has 0 bridgehead atoms. The summed E-state index contributed by atoms with van der Waals surface area (Å²) in [4.78, 5) is 21.4. The van der Waals surface area contributed by atoms with Gasteiger partial charge in [-0.3, -0.25) is 9.69 Å². The van der Waals surface area contributed by atoms with Crippen molar-refractivity contribution in [1.29, 1.82) is 0 Å². The minimum atomic E-state index is 0.0338. The predicted octanol–water partition coefficient (Wildman–Crippen LogP) is 1.35. The molecule has 21 heavy (non-hydrogen) atoms. The summed E-state index contributed by atoms with van der Waals surface area (Å²) in [6.07, 6.45) is 0. The molecule has 6 nitrogen and oxygen atoms in total. The maximum absolute atomic E-state index is 11.8. The molecule has 6 heteroatoms. The number of amides is 1. The van der Waals surface area contributed by atoms with E-state index in [1.165, 1.54) is 0 Å². The first-order valence-electron chi connectivity index (χ1n) is 7.13. The van der Waals surface area contributed by atoms with E-state index in [4.69, 9.17) is 5.73 Å². The van der Waals surface area contributed by atoms with E-state index in [9.17, 15) is 4.79 Å². The molecule has 1 aromatic carbocycles. The van der Waals surface area contributed by atoms with Gasteiger partial charge in [0.25, 0.3) is 0 Å². The van der Waals surface area contributed by atoms with E-state index in [1.807, 2.05) is 30.1 Å². The average molecular weight is 289 g/mol. The van der Waals surface area contributed by atoms with Gasteiger partial charge in [0.15, 0.2) is 0 Å². The summed E-state index contributed by atoms with van der Waals surface area (Å²) < 4.78 is 0. The van der Waals surface area contributed by atoms with E-state index in [1.54, 1.807) is 0 Å². The Labute approximate surface area is 124 Å². The van der Waals surface area contributed by atoms with Crippen molar-refractivity contribution in [1.82, 2.24) is 20.2 Å². The van der Waals surface area contributed by atoms with Crippen LogP contribution in [-0.2, 0) is 11.3 Å². The van der Waals surface area contributed by atoms with Crippen LogP contribution in [-0.4, -0.2) is 40.9 Å². The van der Waals surface area contributed by atoms with Crippen LogP contribution < -0.4 is 11.1 Å². The SMILES string of the molecule is CC(C)CNC(=O)CN(C)Cc1nc2ccc(N)cc2[nH]1. The van der Waals surface area contributed by atoms with Gasteiger partial charge in [-0.05, 0) is 31.2 Å². The maximum Gasteiger partial charge on any atom is 0.234 e. The van der Waals surface area contributed by atoms with Gasteiger partial charge in [0.1, 0.15) is 5.82 Å². The third-order valence-corrected chi connectivity index (χ3v) is 3.10. The molecule has 0 spiro atoms. The van der Waals surface area contributed by atoms with Crippen LogP contribution in [0.2, 0.25) is 0 Å². The van der Waals surface area contributed by atoms with Crippen LogP contribution in [0.15, 0.2) is 18.2 Å². The number of H-pyrrole nitrogens is 1. The number of hydrogen-bond acceptors (Lipinski definition) is 4. The topological polar surface area (TPSA) is 87.0 Å². The number of nitrogens with zero attached hydrogens (tertiary/aromatic N) is 2. The summed E-state index contributed by atoms with van der Waals surface area (Å²) >= 11 is 0. The molecule has 0 aliphatic heterocycles. The lowest BCUT2D eigenvalue weighted by Gasteiger charge is -2.15. The minimum absolute atomic E-state index is 0.0338. The number of aromatic nitrogens is 2. The highest BCUT2D eigenvalue weighted by Gasteiger charge is 2.10. The molecule has 0 saturated heterocycles. The van der Waals surface area contributed by atoms with Gasteiger partial charge in [0.2, 0.25) is 5.91 Å². The first-order chi connectivity index (χ1) is 9.94. The van der Waals surface area contributed by atoms with Gasteiger partial charge >= 0.3 is 0 Å². The molecule has 2 aromatic rings. The molecule has 1 heterocycles. The van der Waals surface area contributed by atoms with E-state index >= 15 is 0 Å². The fourth-order valence-electron chi connectivity index (χ4n) is 2.09. The van der Waals surface area contributed by atoms with Crippen molar-refractivity contribution in [2.75, 3.05) is 25.9 Å². The number of nitrogens with one attached hydrogen (secondary N) is 2. The van der Waals surface area contributed by atoms with E-state index in [-0.39, 0.29) is 5.91 Å². The Morgan fingerprint density at radius 3 is 2.95 bits per heavy atom. The number of carbonyl (C=O) groups excluding carboxylic acids is 1. The fraction of sp³-hybridized carbons (Fsp3) is 0.467. The number of likely N-dealkylation sites (N-methyl/N-ethyl adjacent to an activating group) is 1. The number of carbonyl (C=O) groups is 1. The zero-order chi connectivity index (χ0) is 15.4. The van der Waals surface area contributed by atoms with Crippen molar-refractivity contribution >= 4 is 22.6 Å². The third kappa shape index (κ3) is 4.46. The van der Waals surface area contributed by atoms with Crippen molar-refractivity contribution < 1.29 is 4.79 Å². The molecule has 1 amide bonds. The molecule has 0 fully saturated rings. The standard InChI is InChI=1S/C15H23N5O/c1-10(2)7-17-15(21)9-20(3)8-14-18-12-5-4-11(16)6-13(12)19-14/h4-6,10H,7-9,16H2,1-3H3,(H,17,21)(H,18,19). The number of nitrogens with two attached hydrogens (primary N) is 1. The van der Waals surface area contributed by atoms with Crippen LogP contribution in [0.4, 0.5) is 5.69 Å². The lowest BCUT2D eigenvalue weighted by molar-refractivity contribution is -0.122. The van der Waals surface area contributed by atoms with Crippen molar-refractivity contribution in [2.45, 2.75) is 20.4 Å². The van der Waals surface area contributed by atoms with Crippen molar-refractivity contribution in [3.63, 3.8) is 0 Å². The van der Waals surface area contributed by atoms with Gasteiger partial charge in [-0.25, -0.2) is 4.98 Å². The second-order valence-electron chi connectivity index (χ2n) is 5.83. The van der Waals surface area contributed by atoms with Crippen molar-refractivity contribution in [2.24, 2.45) is 5.92 Å². The number of hydrogen-bond donors (Lipinski definition) is 3. The second kappa shape index (κ2) is 6.58. The molecule has 114 valence electrons. The molecule has 0 aliphatic rings. The normalized spacial score (nSPS) is 11.5. The van der Waals surface area contributed by atoms with Crippen LogP contribution in [0, 0.1) is 5.92 Å². The summed E-state index contributed by atoms with van der Waals surface area (Å²) in [5, 5.41) is 2.91. The second-order valence-corrected chi connectivity index (χ2v) is 5.83. The average Bonchev–Trinajstić information content (AvgIpc) is 2.77. The van der Waals surface area contributed by atoms with Crippen LogP contribution in [0.25, 0.3) is 11.0 Å². The quantitative estimate of drug-likeness (QED) is 0.701. The summed E-state index contributed by atoms with van der Waals surface area (Å²) in [6, 6.07) is 5.58. The number of rotatable bonds is 6. The molecule has 0 radical (unpaired) electrons. The first kappa shape index (κ1) is 15.3. The molecule has 1 aromatic heterocycles. The Morgan fingerprint density at radius 1 is 1.48 bits per heavy atom. The lowest BCUT2D eigenvalue weighted by atomic mass is 10.2. The number of anilines is 1. The van der Waals surface area contributed by atoms with Gasteiger partial charge in [-0.1, -0.05) is 13.8 Å². The summed E-state index contributed by atoms with van der Waals surface area (Å²) in [6.45, 7) is 5.79. The van der Waals surface area contributed by atoms with Crippen LogP contribution in [0.3, 0.4) is 0 Å². The zero-order valence-corrected chi connectivity index (χ0v) is 12.8. The zero-order valence-electron chi connectivity index (χ0n) is 12.8. The van der Waals surface area contributed by atoms with Gasteiger partial charge in [0.05, 0.1) is 24.1 Å². The molecule has 0 atom stereocenters. The van der Waals surface area contributed by atoms with E-state index in [2.05, 4.69) is 29.1 Å². The molecule has 0 unspecified atom stereocenters. The molecule has 0 saturated carbocycles. The predicted molar refractivity (Wildman–Crippen MR) is 84.7 cm³/mol. The highest BCUT2D eigenvalue weighted by Crippen LogP contribution is 2.15. The van der Waals surface area contributed by atoms with E-state index in [0.717, 1.165) is 16.9 Å². The Kier molecular flexibility index (Phi) is 4.80.